The summed E-state index contributed by atoms with van der Waals surface area (Å²) in [4.78, 5) is 11.2. The number of hydrogen-bond donors (Lipinski definition) is 3. The molecule has 22 heavy (non-hydrogen) atoms. The van der Waals surface area contributed by atoms with Gasteiger partial charge in [-0.2, -0.15) is 8.42 Å². The molecule has 0 bridgehead atoms. The van der Waals surface area contributed by atoms with Gasteiger partial charge in [0.2, 0.25) is 0 Å². The van der Waals surface area contributed by atoms with Crippen LogP contribution in [-0.2, 0) is 21.4 Å². The molecule has 2 aliphatic heterocycles. The average molecular weight is 329 g/mol. The molecule has 9 heteroatoms. The third-order valence-corrected chi connectivity index (χ3v) is 5.24. The smallest absolute Gasteiger partial charge is 0.326 e. The fraction of sp³-hybridized carbons (Fsp3) is 0.462. The van der Waals surface area contributed by atoms with E-state index in [1.165, 1.54) is 12.1 Å². The highest BCUT2D eigenvalue weighted by Crippen LogP contribution is 2.35. The molecule has 1 aromatic rings. The molecule has 120 valence electrons. The Morgan fingerprint density at radius 3 is 2.73 bits per heavy atom. The number of phenols is 1. The number of carbonyl (C=O) groups is 1. The number of hydrogen-bond acceptors (Lipinski definition) is 5. The summed E-state index contributed by atoms with van der Waals surface area (Å²) >= 11 is 0. The molecule has 2 saturated heterocycles. The topological polar surface area (TPSA) is 98.7 Å². The highest BCUT2D eigenvalue weighted by Gasteiger charge is 2.37. The lowest BCUT2D eigenvalue weighted by Gasteiger charge is -2.18. The Morgan fingerprint density at radius 1 is 1.41 bits per heavy atom. The number of aromatic hydroxyl groups is 1. The number of rotatable bonds is 3. The molecular weight excluding hydrogens is 313 g/mol. The number of halogens is 1. The fourth-order valence-electron chi connectivity index (χ4n) is 2.87. The zero-order chi connectivity index (χ0) is 15.9. The van der Waals surface area contributed by atoms with Gasteiger partial charge in [-0.3, -0.25) is 4.79 Å². The first-order valence-corrected chi connectivity index (χ1v) is 8.36. The summed E-state index contributed by atoms with van der Waals surface area (Å²) in [6.45, 7) is 1.21. The van der Waals surface area contributed by atoms with Crippen LogP contribution in [0.5, 0.6) is 5.75 Å². The van der Waals surface area contributed by atoms with Crippen molar-refractivity contribution in [3.8, 4) is 5.75 Å². The predicted octanol–water partition coefficient (Wildman–Crippen LogP) is -0.136. The van der Waals surface area contributed by atoms with E-state index in [1.54, 1.807) is 4.72 Å². The van der Waals surface area contributed by atoms with Crippen molar-refractivity contribution >= 4 is 21.8 Å². The van der Waals surface area contributed by atoms with Crippen molar-refractivity contribution in [1.82, 2.24) is 10.0 Å². The number of amides is 1. The van der Waals surface area contributed by atoms with E-state index in [1.807, 2.05) is 0 Å². The van der Waals surface area contributed by atoms with Gasteiger partial charge in [-0.15, -0.1) is 0 Å². The Labute approximate surface area is 127 Å². The minimum atomic E-state index is -4.15. The van der Waals surface area contributed by atoms with Crippen molar-refractivity contribution in [1.29, 1.82) is 0 Å². The minimum Gasteiger partial charge on any atom is -0.506 e. The summed E-state index contributed by atoms with van der Waals surface area (Å²) in [5.74, 6) is -1.75. The van der Waals surface area contributed by atoms with Crippen molar-refractivity contribution in [2.45, 2.75) is 12.8 Å². The molecule has 0 unspecified atom stereocenters. The quantitative estimate of drug-likeness (QED) is 0.717. The summed E-state index contributed by atoms with van der Waals surface area (Å²) < 4.78 is 40.1. The standard InChI is InChI=1S/C13H16FN3O4S/c14-10-4-9(3-8-1-2-15-6-8)5-11(18)13(10)17-7-12(19)16-22(17,20)21/h4-5,8,15,18H,1-3,6-7H2,(H,16,19)/t8-/m1/s1. The number of phenolic OH excluding ortho intramolecular Hbond substituents is 1. The first-order valence-electron chi connectivity index (χ1n) is 6.92. The first-order chi connectivity index (χ1) is 10.4. The molecule has 7 nitrogen and oxygen atoms in total. The second kappa shape index (κ2) is 5.40. The van der Waals surface area contributed by atoms with Crippen molar-refractivity contribution in [3.63, 3.8) is 0 Å². The zero-order valence-electron chi connectivity index (χ0n) is 11.7. The van der Waals surface area contributed by atoms with Gasteiger partial charge >= 0.3 is 10.2 Å². The van der Waals surface area contributed by atoms with Gasteiger partial charge in [0.1, 0.15) is 18.0 Å². The van der Waals surface area contributed by atoms with Crippen LogP contribution < -0.4 is 14.3 Å². The van der Waals surface area contributed by atoms with E-state index in [-0.39, 0.29) is 0 Å². The molecule has 3 rings (SSSR count). The van der Waals surface area contributed by atoms with Crippen LogP contribution in [0.2, 0.25) is 0 Å². The molecule has 0 aliphatic carbocycles. The predicted molar refractivity (Wildman–Crippen MR) is 77.2 cm³/mol. The van der Waals surface area contributed by atoms with Gasteiger partial charge in [0.15, 0.2) is 5.82 Å². The highest BCUT2D eigenvalue weighted by atomic mass is 32.2. The molecule has 2 heterocycles. The maximum atomic E-state index is 14.3. The van der Waals surface area contributed by atoms with Crippen LogP contribution in [0.3, 0.4) is 0 Å². The largest absolute Gasteiger partial charge is 0.506 e. The number of anilines is 1. The van der Waals surface area contributed by atoms with Crippen LogP contribution in [-0.4, -0.2) is 39.1 Å². The van der Waals surface area contributed by atoms with Crippen LogP contribution in [0.25, 0.3) is 0 Å². The van der Waals surface area contributed by atoms with E-state index < -0.39 is 39.9 Å². The molecule has 0 spiro atoms. The van der Waals surface area contributed by atoms with Crippen LogP contribution >= 0.6 is 0 Å². The van der Waals surface area contributed by atoms with Gasteiger partial charge in [-0.25, -0.2) is 13.4 Å². The molecule has 1 amide bonds. The number of carbonyl (C=O) groups excluding carboxylic acids is 1. The van der Waals surface area contributed by atoms with Gasteiger partial charge < -0.3 is 10.4 Å². The molecule has 2 fully saturated rings. The Bertz CT molecular complexity index is 693. The summed E-state index contributed by atoms with van der Waals surface area (Å²) in [6, 6.07) is 2.57. The Kier molecular flexibility index (Phi) is 3.69. The lowest BCUT2D eigenvalue weighted by Crippen LogP contribution is -2.30. The third-order valence-electron chi connectivity index (χ3n) is 3.86. The normalized spacial score (nSPS) is 23.8. The van der Waals surface area contributed by atoms with Gasteiger partial charge in [-0.1, -0.05) is 0 Å². The van der Waals surface area contributed by atoms with Gasteiger partial charge in [-0.05, 0) is 49.5 Å². The van der Waals surface area contributed by atoms with Crippen molar-refractivity contribution in [3.05, 3.63) is 23.5 Å². The monoisotopic (exact) mass is 329 g/mol. The molecule has 3 N–H and O–H groups in total. The maximum Gasteiger partial charge on any atom is 0.326 e. The minimum absolute atomic E-state index is 0.364. The average Bonchev–Trinajstić information content (AvgIpc) is 2.97. The second-order valence-electron chi connectivity index (χ2n) is 5.55. The zero-order valence-corrected chi connectivity index (χ0v) is 12.5. The molecule has 0 radical (unpaired) electrons. The Balaban J connectivity index is 1.91. The van der Waals surface area contributed by atoms with Crippen LogP contribution in [0, 0.1) is 11.7 Å². The Morgan fingerprint density at radius 2 is 2.18 bits per heavy atom. The third kappa shape index (κ3) is 2.73. The molecule has 2 aliphatic rings. The van der Waals surface area contributed by atoms with E-state index in [0.29, 0.717) is 22.2 Å². The SMILES string of the molecule is O=C1CN(c2c(O)cc(C[C@H]3CCNC3)cc2F)S(=O)(=O)N1. The van der Waals surface area contributed by atoms with E-state index in [0.717, 1.165) is 19.5 Å². The maximum absolute atomic E-state index is 14.3. The summed E-state index contributed by atoms with van der Waals surface area (Å²) in [7, 11) is -4.15. The highest BCUT2D eigenvalue weighted by molar-refractivity contribution is 7.92. The molecule has 0 aromatic heterocycles. The molecular formula is C13H16FN3O4S. The lowest BCUT2D eigenvalue weighted by molar-refractivity contribution is -0.117. The van der Waals surface area contributed by atoms with Gasteiger partial charge in [0.05, 0.1) is 0 Å². The fourth-order valence-corrected chi connectivity index (χ4v) is 4.04. The van der Waals surface area contributed by atoms with Gasteiger partial charge in [0.25, 0.3) is 5.91 Å². The van der Waals surface area contributed by atoms with Gasteiger partial charge in [0, 0.05) is 0 Å². The molecule has 1 atom stereocenters. The number of nitrogens with one attached hydrogen (secondary N) is 2. The Hall–Kier alpha value is -1.87. The summed E-state index contributed by atoms with van der Waals surface area (Å²) in [5, 5.41) is 13.2. The first kappa shape index (κ1) is 15.0. The molecule has 1 aromatic carbocycles. The molecule has 0 saturated carbocycles. The van der Waals surface area contributed by atoms with Crippen LogP contribution in [0.15, 0.2) is 12.1 Å². The van der Waals surface area contributed by atoms with Crippen molar-refractivity contribution in [2.75, 3.05) is 23.9 Å². The van der Waals surface area contributed by atoms with Crippen molar-refractivity contribution < 1.29 is 22.7 Å². The van der Waals surface area contributed by atoms with E-state index >= 15 is 0 Å². The summed E-state index contributed by atoms with van der Waals surface area (Å²) in [6.07, 6.45) is 1.57. The van der Waals surface area contributed by atoms with Crippen molar-refractivity contribution in [2.24, 2.45) is 5.92 Å². The lowest BCUT2D eigenvalue weighted by atomic mass is 9.98. The summed E-state index contributed by atoms with van der Waals surface area (Å²) in [5.41, 5.74) is 0.106. The number of nitrogens with zero attached hydrogens (tertiary/aromatic N) is 1. The van der Waals surface area contributed by atoms with E-state index in [4.69, 9.17) is 0 Å². The van der Waals surface area contributed by atoms with Crippen LogP contribution in [0.4, 0.5) is 10.1 Å². The van der Waals surface area contributed by atoms with E-state index in [2.05, 4.69) is 5.32 Å². The van der Waals surface area contributed by atoms with Crippen LogP contribution in [0.1, 0.15) is 12.0 Å². The second-order valence-corrected chi connectivity index (χ2v) is 7.14. The number of benzene rings is 1. The van der Waals surface area contributed by atoms with E-state index in [9.17, 15) is 22.7 Å².